The first-order chi connectivity index (χ1) is 7.84. The number of aromatic amines is 1. The van der Waals surface area contributed by atoms with E-state index in [0.29, 0.717) is 5.75 Å². The van der Waals surface area contributed by atoms with Gasteiger partial charge in [0.15, 0.2) is 12.4 Å². The Balaban J connectivity index is 1.95. The maximum atomic E-state index is 11.5. The predicted molar refractivity (Wildman–Crippen MR) is 61.3 cm³/mol. The van der Waals surface area contributed by atoms with Crippen molar-refractivity contribution >= 4 is 17.1 Å². The molecule has 0 spiro atoms. The number of pyridine rings is 1. The molecular weight excluding hydrogens is 222 g/mol. The Morgan fingerprint density at radius 3 is 2.44 bits per heavy atom. The topological polar surface area (TPSA) is 40.4 Å². The summed E-state index contributed by atoms with van der Waals surface area (Å²) in [5.74, 6) is 0.558. The molecule has 0 saturated heterocycles. The van der Waals surface area contributed by atoms with Crippen LogP contribution in [0.5, 0.6) is 5.75 Å². The molecule has 0 fully saturated rings. The minimum Gasteiger partial charge on any atom is -0.418 e. The zero-order chi connectivity index (χ0) is 11.2. The normalized spacial score (nSPS) is 9.75. The number of carbonyl (C=O) groups is 1. The van der Waals surface area contributed by atoms with Crippen LogP contribution in [-0.2, 0) is 0 Å². The third kappa shape index (κ3) is 3.10. The summed E-state index contributed by atoms with van der Waals surface area (Å²) in [7, 11) is 0. The maximum absolute atomic E-state index is 11.5. The molecule has 80 valence electrons. The molecule has 3 nitrogen and oxygen atoms in total. The molecule has 0 saturated carbocycles. The van der Waals surface area contributed by atoms with Gasteiger partial charge < -0.3 is 4.74 Å². The van der Waals surface area contributed by atoms with Crippen LogP contribution in [0.15, 0.2) is 59.8 Å². The van der Waals surface area contributed by atoms with Crippen LogP contribution in [0.1, 0.15) is 0 Å². The third-order valence-corrected chi connectivity index (χ3v) is 2.59. The summed E-state index contributed by atoms with van der Waals surface area (Å²) < 4.78 is 5.13. The summed E-state index contributed by atoms with van der Waals surface area (Å²) >= 11 is 1.06. The third-order valence-electron chi connectivity index (χ3n) is 1.83. The van der Waals surface area contributed by atoms with Crippen LogP contribution in [0.4, 0.5) is 4.79 Å². The number of hydrogen-bond acceptors (Lipinski definition) is 3. The van der Waals surface area contributed by atoms with Crippen LogP contribution in [0.2, 0.25) is 0 Å². The number of benzene rings is 1. The average Bonchev–Trinajstić information content (AvgIpc) is 2.31. The van der Waals surface area contributed by atoms with Crippen molar-refractivity contribution in [1.29, 1.82) is 0 Å². The number of H-pyrrole nitrogens is 1. The zero-order valence-corrected chi connectivity index (χ0v) is 9.24. The van der Waals surface area contributed by atoms with Crippen molar-refractivity contribution in [3.05, 3.63) is 54.9 Å². The van der Waals surface area contributed by atoms with Gasteiger partial charge in [-0.1, -0.05) is 18.2 Å². The molecule has 0 aliphatic carbocycles. The van der Waals surface area contributed by atoms with E-state index in [9.17, 15) is 4.79 Å². The zero-order valence-electron chi connectivity index (χ0n) is 8.42. The van der Waals surface area contributed by atoms with Crippen molar-refractivity contribution in [3.63, 3.8) is 0 Å². The molecule has 0 unspecified atom stereocenters. The molecule has 1 aromatic heterocycles. The number of hydrogen-bond donors (Lipinski definition) is 0. The van der Waals surface area contributed by atoms with E-state index < -0.39 is 0 Å². The fourth-order valence-electron chi connectivity index (χ4n) is 1.14. The van der Waals surface area contributed by atoms with E-state index in [1.807, 2.05) is 30.3 Å². The Kier molecular flexibility index (Phi) is 3.56. The highest BCUT2D eigenvalue weighted by Crippen LogP contribution is 2.20. The lowest BCUT2D eigenvalue weighted by atomic mass is 10.3. The smallest absolute Gasteiger partial charge is 0.377 e. The van der Waals surface area contributed by atoms with E-state index in [1.165, 1.54) is 0 Å². The van der Waals surface area contributed by atoms with Crippen molar-refractivity contribution in [3.8, 4) is 5.75 Å². The van der Waals surface area contributed by atoms with Gasteiger partial charge in [0.1, 0.15) is 5.75 Å². The fraction of sp³-hybridized carbons (Fsp3) is 0. The van der Waals surface area contributed by atoms with Gasteiger partial charge in [0.25, 0.3) is 0 Å². The van der Waals surface area contributed by atoms with Crippen LogP contribution in [0.25, 0.3) is 0 Å². The molecule has 0 atom stereocenters. The SMILES string of the molecule is O=C(Oc1ccccc1)Sc1cc[nH+]cc1. The Hall–Kier alpha value is -1.81. The lowest BCUT2D eigenvalue weighted by Crippen LogP contribution is -2.01. The molecule has 4 heteroatoms. The molecule has 0 bridgehead atoms. The number of aromatic nitrogens is 1. The summed E-state index contributed by atoms with van der Waals surface area (Å²) in [4.78, 5) is 15.2. The molecule has 16 heavy (non-hydrogen) atoms. The first-order valence-corrected chi connectivity index (χ1v) is 5.57. The Morgan fingerprint density at radius 2 is 1.75 bits per heavy atom. The summed E-state index contributed by atoms with van der Waals surface area (Å²) in [6.45, 7) is 0. The largest absolute Gasteiger partial charge is 0.418 e. The van der Waals surface area contributed by atoms with E-state index in [2.05, 4.69) is 4.98 Å². The van der Waals surface area contributed by atoms with Gasteiger partial charge in [-0.2, -0.15) is 0 Å². The highest BCUT2D eigenvalue weighted by molar-refractivity contribution is 8.13. The predicted octanol–water partition coefficient (Wildman–Crippen LogP) is 2.79. The Bertz CT molecular complexity index is 415. The molecule has 1 heterocycles. The Labute approximate surface area is 97.5 Å². The van der Waals surface area contributed by atoms with Crippen molar-refractivity contribution in [2.45, 2.75) is 4.90 Å². The van der Waals surface area contributed by atoms with E-state index in [0.717, 1.165) is 16.7 Å². The van der Waals surface area contributed by atoms with Crippen molar-refractivity contribution in [2.24, 2.45) is 0 Å². The minimum absolute atomic E-state index is 0.336. The van der Waals surface area contributed by atoms with Crippen LogP contribution in [0, 0.1) is 0 Å². The maximum Gasteiger partial charge on any atom is 0.377 e. The Morgan fingerprint density at radius 1 is 1.06 bits per heavy atom. The second-order valence-electron chi connectivity index (χ2n) is 3.00. The van der Waals surface area contributed by atoms with Gasteiger partial charge in [0.05, 0.1) is 0 Å². The first-order valence-electron chi connectivity index (χ1n) is 4.75. The highest BCUT2D eigenvalue weighted by Gasteiger charge is 2.07. The van der Waals surface area contributed by atoms with Gasteiger partial charge >= 0.3 is 5.30 Å². The average molecular weight is 232 g/mol. The fourth-order valence-corrected chi connectivity index (χ4v) is 1.74. The molecule has 0 radical (unpaired) electrons. The second kappa shape index (κ2) is 5.32. The number of thioether (sulfide) groups is 1. The minimum atomic E-state index is -0.336. The number of carbonyl (C=O) groups excluding carboxylic acids is 1. The highest BCUT2D eigenvalue weighted by atomic mass is 32.2. The monoisotopic (exact) mass is 232 g/mol. The lowest BCUT2D eigenvalue weighted by molar-refractivity contribution is -0.378. The summed E-state index contributed by atoms with van der Waals surface area (Å²) in [5, 5.41) is -0.336. The molecule has 0 aliphatic rings. The number of rotatable bonds is 2. The van der Waals surface area contributed by atoms with Gasteiger partial charge in [-0.25, -0.2) is 9.78 Å². The van der Waals surface area contributed by atoms with Crippen molar-refractivity contribution < 1.29 is 14.5 Å². The summed E-state index contributed by atoms with van der Waals surface area (Å²) in [6, 6.07) is 12.6. The number of para-hydroxylation sites is 1. The quantitative estimate of drug-likeness (QED) is 0.590. The lowest BCUT2D eigenvalue weighted by Gasteiger charge is -2.01. The molecule has 1 aromatic carbocycles. The first kappa shape index (κ1) is 10.7. The van der Waals surface area contributed by atoms with Crippen molar-refractivity contribution in [2.75, 3.05) is 0 Å². The van der Waals surface area contributed by atoms with Crippen LogP contribution in [-0.4, -0.2) is 5.30 Å². The van der Waals surface area contributed by atoms with Gasteiger partial charge in [-0.3, -0.25) is 0 Å². The summed E-state index contributed by atoms with van der Waals surface area (Å²) in [5.41, 5.74) is 0. The van der Waals surface area contributed by atoms with E-state index in [4.69, 9.17) is 4.74 Å². The van der Waals surface area contributed by atoms with E-state index >= 15 is 0 Å². The second-order valence-corrected chi connectivity index (χ2v) is 4.01. The standard InChI is InChI=1S/C12H9NO2S/c14-12(15-10-4-2-1-3-5-10)16-11-6-8-13-9-7-11/h1-9H/p+1. The van der Waals surface area contributed by atoms with Crippen LogP contribution >= 0.6 is 11.8 Å². The van der Waals surface area contributed by atoms with Gasteiger partial charge in [0.2, 0.25) is 0 Å². The molecular formula is C12H10NO2S+. The molecule has 2 aromatic rings. The van der Waals surface area contributed by atoms with Gasteiger partial charge in [0, 0.05) is 17.0 Å². The molecule has 2 rings (SSSR count). The van der Waals surface area contributed by atoms with Gasteiger partial charge in [-0.05, 0) is 23.9 Å². The molecule has 1 N–H and O–H groups in total. The number of nitrogens with one attached hydrogen (secondary N) is 1. The molecule has 0 aliphatic heterocycles. The summed E-state index contributed by atoms with van der Waals surface area (Å²) in [6.07, 6.45) is 3.52. The van der Waals surface area contributed by atoms with Crippen LogP contribution < -0.4 is 9.72 Å². The van der Waals surface area contributed by atoms with E-state index in [1.54, 1.807) is 24.5 Å². The number of ether oxygens (including phenoxy) is 1. The van der Waals surface area contributed by atoms with Crippen LogP contribution in [0.3, 0.4) is 0 Å². The van der Waals surface area contributed by atoms with Crippen molar-refractivity contribution in [1.82, 2.24) is 0 Å². The van der Waals surface area contributed by atoms with E-state index in [-0.39, 0.29) is 5.30 Å². The molecule has 0 amide bonds. The van der Waals surface area contributed by atoms with Gasteiger partial charge in [-0.15, -0.1) is 0 Å².